The van der Waals surface area contributed by atoms with Gasteiger partial charge in [0.05, 0.1) is 0 Å². The Bertz CT molecular complexity index is 360. The lowest BCUT2D eigenvalue weighted by Gasteiger charge is -2.04. The molecule has 0 heterocycles. The maximum absolute atomic E-state index is 10.5. The van der Waals surface area contributed by atoms with Crippen LogP contribution in [0.2, 0.25) is 5.02 Å². The molecule has 0 amide bonds. The number of nitrogens with zero attached hydrogens (tertiary/aromatic N) is 3. The zero-order chi connectivity index (χ0) is 9.68. The van der Waals surface area contributed by atoms with Crippen LogP contribution in [0.15, 0.2) is 29.4 Å². The van der Waals surface area contributed by atoms with E-state index in [9.17, 15) is 4.79 Å². The van der Waals surface area contributed by atoms with Crippen molar-refractivity contribution in [1.29, 1.82) is 0 Å². The minimum absolute atomic E-state index is 0.423. The van der Waals surface area contributed by atoms with Gasteiger partial charge in [0.25, 0.3) is 0 Å². The molecule has 1 atom stereocenters. The third-order valence-electron chi connectivity index (χ3n) is 1.53. The maximum atomic E-state index is 10.5. The van der Waals surface area contributed by atoms with Gasteiger partial charge in [-0.25, -0.2) is 0 Å². The number of benzene rings is 1. The molecule has 0 saturated heterocycles. The summed E-state index contributed by atoms with van der Waals surface area (Å²) < 4.78 is 0. The van der Waals surface area contributed by atoms with Crippen LogP contribution >= 0.6 is 11.6 Å². The topological polar surface area (TPSA) is 65.8 Å². The fourth-order valence-corrected chi connectivity index (χ4v) is 1.18. The van der Waals surface area contributed by atoms with Gasteiger partial charge in [-0.2, -0.15) is 0 Å². The van der Waals surface area contributed by atoms with Gasteiger partial charge in [-0.1, -0.05) is 34.9 Å². The molecule has 66 valence electrons. The van der Waals surface area contributed by atoms with Crippen molar-refractivity contribution >= 4 is 17.9 Å². The molecule has 0 fully saturated rings. The third-order valence-corrected chi connectivity index (χ3v) is 1.87. The predicted molar refractivity (Wildman–Crippen MR) is 49.4 cm³/mol. The standard InChI is InChI=1S/C8H6ClN3O/c9-7-4-2-1-3-6(7)8(5-13)11-12-10/h1-5,8H/t8-/m1/s1. The summed E-state index contributed by atoms with van der Waals surface area (Å²) in [4.78, 5) is 13.1. The second kappa shape index (κ2) is 4.50. The van der Waals surface area contributed by atoms with Crippen molar-refractivity contribution in [3.8, 4) is 0 Å². The molecule has 13 heavy (non-hydrogen) atoms. The lowest BCUT2D eigenvalue weighted by atomic mass is 10.1. The van der Waals surface area contributed by atoms with Crippen LogP contribution in [0, 0.1) is 0 Å². The number of hydrogen-bond donors (Lipinski definition) is 0. The van der Waals surface area contributed by atoms with E-state index < -0.39 is 6.04 Å². The highest BCUT2D eigenvalue weighted by molar-refractivity contribution is 6.31. The Morgan fingerprint density at radius 2 is 2.23 bits per heavy atom. The van der Waals surface area contributed by atoms with Gasteiger partial charge < -0.3 is 4.79 Å². The number of halogens is 1. The number of azide groups is 1. The fourth-order valence-electron chi connectivity index (χ4n) is 0.933. The number of hydrogen-bond acceptors (Lipinski definition) is 2. The van der Waals surface area contributed by atoms with Gasteiger partial charge in [-0.3, -0.25) is 0 Å². The Morgan fingerprint density at radius 3 is 2.77 bits per heavy atom. The van der Waals surface area contributed by atoms with Gasteiger partial charge >= 0.3 is 0 Å². The van der Waals surface area contributed by atoms with E-state index in [-0.39, 0.29) is 0 Å². The predicted octanol–water partition coefficient (Wildman–Crippen LogP) is 2.89. The van der Waals surface area contributed by atoms with Crippen molar-refractivity contribution in [1.82, 2.24) is 0 Å². The van der Waals surface area contributed by atoms with Crippen LogP contribution < -0.4 is 0 Å². The summed E-state index contributed by atoms with van der Waals surface area (Å²) in [6.07, 6.45) is 0.556. The molecule has 0 aliphatic heterocycles. The molecule has 1 rings (SSSR count). The summed E-state index contributed by atoms with van der Waals surface area (Å²) >= 11 is 5.79. The van der Waals surface area contributed by atoms with Crippen molar-refractivity contribution in [3.05, 3.63) is 45.3 Å². The van der Waals surface area contributed by atoms with Crippen molar-refractivity contribution in [2.75, 3.05) is 0 Å². The number of rotatable bonds is 3. The summed E-state index contributed by atoms with van der Waals surface area (Å²) in [7, 11) is 0. The van der Waals surface area contributed by atoms with E-state index in [0.29, 0.717) is 16.9 Å². The van der Waals surface area contributed by atoms with Gasteiger partial charge in [0.2, 0.25) is 0 Å². The molecular weight excluding hydrogens is 190 g/mol. The molecule has 0 saturated carbocycles. The van der Waals surface area contributed by atoms with Crippen molar-refractivity contribution in [2.45, 2.75) is 6.04 Å². The lowest BCUT2D eigenvalue weighted by Crippen LogP contribution is -1.95. The molecule has 0 aromatic heterocycles. The second-order valence-corrected chi connectivity index (χ2v) is 2.71. The number of carbonyl (C=O) groups is 1. The van der Waals surface area contributed by atoms with Crippen LogP contribution in [0.1, 0.15) is 11.6 Å². The molecule has 0 aliphatic rings. The SMILES string of the molecule is [N-]=[N+]=N[C@H](C=O)c1ccccc1Cl. The van der Waals surface area contributed by atoms with Crippen LogP contribution in [0.25, 0.3) is 10.4 Å². The monoisotopic (exact) mass is 195 g/mol. The summed E-state index contributed by atoms with van der Waals surface area (Å²) in [5, 5.41) is 3.72. The molecule has 4 nitrogen and oxygen atoms in total. The van der Waals surface area contributed by atoms with Gasteiger partial charge in [-0.05, 0) is 17.2 Å². The highest BCUT2D eigenvalue weighted by Crippen LogP contribution is 2.23. The summed E-state index contributed by atoms with van der Waals surface area (Å²) in [6.45, 7) is 0. The van der Waals surface area contributed by atoms with E-state index in [1.807, 2.05) is 0 Å². The Balaban J connectivity index is 3.11. The molecule has 1 aromatic carbocycles. The van der Waals surface area contributed by atoms with Gasteiger partial charge in [0.1, 0.15) is 12.3 Å². The molecule has 0 spiro atoms. The second-order valence-electron chi connectivity index (χ2n) is 2.31. The Hall–Kier alpha value is -1.51. The molecule has 0 radical (unpaired) electrons. The molecule has 0 bridgehead atoms. The van der Waals surface area contributed by atoms with Crippen LogP contribution in [0.5, 0.6) is 0 Å². The van der Waals surface area contributed by atoms with E-state index in [1.165, 1.54) is 0 Å². The normalized spacial score (nSPS) is 11.5. The van der Waals surface area contributed by atoms with Gasteiger partial charge in [-0.15, -0.1) is 0 Å². The first-order chi connectivity index (χ1) is 6.29. The molecule has 0 aliphatic carbocycles. The average molecular weight is 196 g/mol. The highest BCUT2D eigenvalue weighted by atomic mass is 35.5. The van der Waals surface area contributed by atoms with Crippen LogP contribution in [0.3, 0.4) is 0 Å². The minimum atomic E-state index is -0.835. The lowest BCUT2D eigenvalue weighted by molar-refractivity contribution is -0.108. The summed E-state index contributed by atoms with van der Waals surface area (Å²) in [5.41, 5.74) is 8.70. The first kappa shape index (κ1) is 9.58. The summed E-state index contributed by atoms with van der Waals surface area (Å²) in [6, 6.07) is 5.92. The minimum Gasteiger partial charge on any atom is -0.303 e. The summed E-state index contributed by atoms with van der Waals surface area (Å²) in [5.74, 6) is 0. The molecule has 0 unspecified atom stereocenters. The van der Waals surface area contributed by atoms with E-state index in [0.717, 1.165) is 0 Å². The zero-order valence-electron chi connectivity index (χ0n) is 6.59. The van der Waals surface area contributed by atoms with Gasteiger partial charge in [0, 0.05) is 9.93 Å². The highest BCUT2D eigenvalue weighted by Gasteiger charge is 2.10. The van der Waals surface area contributed by atoms with Gasteiger partial charge in [0.15, 0.2) is 0 Å². The molecule has 1 aromatic rings. The van der Waals surface area contributed by atoms with E-state index in [1.54, 1.807) is 24.3 Å². The van der Waals surface area contributed by atoms with E-state index in [4.69, 9.17) is 17.1 Å². The molecule has 0 N–H and O–H groups in total. The van der Waals surface area contributed by atoms with Crippen molar-refractivity contribution in [2.24, 2.45) is 5.11 Å². The largest absolute Gasteiger partial charge is 0.303 e. The smallest absolute Gasteiger partial charge is 0.133 e. The first-order valence-corrected chi connectivity index (χ1v) is 3.91. The number of aldehydes is 1. The first-order valence-electron chi connectivity index (χ1n) is 3.53. The van der Waals surface area contributed by atoms with Crippen LogP contribution in [0.4, 0.5) is 0 Å². The van der Waals surface area contributed by atoms with Crippen molar-refractivity contribution < 1.29 is 4.79 Å². The van der Waals surface area contributed by atoms with Crippen LogP contribution in [-0.4, -0.2) is 6.29 Å². The van der Waals surface area contributed by atoms with E-state index in [2.05, 4.69) is 10.0 Å². The third kappa shape index (κ3) is 2.21. The number of carbonyl (C=O) groups excluding carboxylic acids is 1. The quantitative estimate of drug-likeness (QED) is 0.317. The fraction of sp³-hybridized carbons (Fsp3) is 0.125. The van der Waals surface area contributed by atoms with E-state index >= 15 is 0 Å². The Labute approximate surface area is 79.8 Å². The van der Waals surface area contributed by atoms with Crippen LogP contribution in [-0.2, 0) is 4.79 Å². The Kier molecular flexibility index (Phi) is 3.31. The molecule has 5 heteroatoms. The zero-order valence-corrected chi connectivity index (χ0v) is 7.35. The average Bonchev–Trinajstić information content (AvgIpc) is 2.16. The Morgan fingerprint density at radius 1 is 1.54 bits per heavy atom. The molecular formula is C8H6ClN3O. The maximum Gasteiger partial charge on any atom is 0.133 e. The van der Waals surface area contributed by atoms with Crippen molar-refractivity contribution in [3.63, 3.8) is 0 Å².